The van der Waals surface area contributed by atoms with Crippen molar-refractivity contribution in [2.45, 2.75) is 25.3 Å². The molecule has 212 valence electrons. The first-order chi connectivity index (χ1) is 19.8. The van der Waals surface area contributed by atoms with Crippen molar-refractivity contribution in [1.29, 1.82) is 0 Å². The summed E-state index contributed by atoms with van der Waals surface area (Å²) in [6.45, 7) is 3.65. The molecule has 5 rings (SSSR count). The predicted molar refractivity (Wildman–Crippen MR) is 146 cm³/mol. The van der Waals surface area contributed by atoms with Gasteiger partial charge in [-0.25, -0.2) is 23.6 Å². The number of carbonyl (C=O) groups is 3. The number of fused-ring (bicyclic) bond motifs is 1. The van der Waals surface area contributed by atoms with E-state index < -0.39 is 35.8 Å². The van der Waals surface area contributed by atoms with Gasteiger partial charge in [0.2, 0.25) is 5.91 Å². The third kappa shape index (κ3) is 5.75. The molecule has 11 heteroatoms. The molecule has 41 heavy (non-hydrogen) atoms. The Bertz CT molecular complexity index is 1450. The monoisotopic (exact) mass is 561 g/mol. The van der Waals surface area contributed by atoms with Gasteiger partial charge in [0.05, 0.1) is 13.1 Å². The third-order valence-corrected chi connectivity index (χ3v) is 7.14. The molecule has 0 saturated carbocycles. The average Bonchev–Trinajstić information content (AvgIpc) is 2.95. The highest BCUT2D eigenvalue weighted by molar-refractivity contribution is 5.92. The van der Waals surface area contributed by atoms with Gasteiger partial charge >= 0.3 is 6.03 Å². The lowest BCUT2D eigenvalue weighted by Crippen LogP contribution is -2.74. The van der Waals surface area contributed by atoms with Crippen molar-refractivity contribution < 1.29 is 28.3 Å². The number of hydrazine groups is 1. The summed E-state index contributed by atoms with van der Waals surface area (Å²) < 4.78 is 28.2. The highest BCUT2D eigenvalue weighted by atomic mass is 19.1. The van der Waals surface area contributed by atoms with E-state index in [1.54, 1.807) is 11.1 Å². The van der Waals surface area contributed by atoms with Gasteiger partial charge in [-0.05, 0) is 29.3 Å². The summed E-state index contributed by atoms with van der Waals surface area (Å²) in [6, 6.07) is 16.6. The molecule has 0 radical (unpaired) electrons. The summed E-state index contributed by atoms with van der Waals surface area (Å²) >= 11 is 0. The molecule has 0 spiro atoms. The summed E-state index contributed by atoms with van der Waals surface area (Å²) in [5.74, 6) is -2.47. The van der Waals surface area contributed by atoms with E-state index in [1.165, 1.54) is 45.1 Å². The van der Waals surface area contributed by atoms with Gasteiger partial charge in [0.15, 0.2) is 0 Å². The Hall–Kier alpha value is -4.77. The number of nitrogens with one attached hydrogen (secondary N) is 1. The van der Waals surface area contributed by atoms with Crippen LogP contribution in [0.15, 0.2) is 85.5 Å². The Morgan fingerprint density at radius 1 is 1.05 bits per heavy atom. The molecule has 2 aliphatic heterocycles. The van der Waals surface area contributed by atoms with E-state index in [4.69, 9.17) is 0 Å². The molecule has 2 fully saturated rings. The molecule has 0 bridgehead atoms. The molecule has 2 atom stereocenters. The first kappa shape index (κ1) is 27.8. The van der Waals surface area contributed by atoms with Gasteiger partial charge in [0.25, 0.3) is 5.91 Å². The Labute approximate surface area is 235 Å². The number of benzene rings is 3. The van der Waals surface area contributed by atoms with Crippen LogP contribution in [-0.2, 0) is 22.7 Å². The predicted octanol–water partition coefficient (Wildman–Crippen LogP) is 3.54. The van der Waals surface area contributed by atoms with Crippen molar-refractivity contribution >= 4 is 17.8 Å². The SMILES string of the molecule is C=CCN1CC(=O)N2C(c3ccc(O)cc3)C(=O)N(Cc3ccc(F)cc3F)CC2N1C(=O)NCc1ccccc1. The van der Waals surface area contributed by atoms with Crippen molar-refractivity contribution in [3.8, 4) is 5.75 Å². The standard InChI is InChI=1S/C30H29F2N5O4/c1-2-14-35-19-27(39)36-26(37(35)30(41)33-16-20-6-4-3-5-7-20)18-34(17-22-8-11-23(31)15-25(22)32)29(40)28(36)21-9-12-24(38)13-10-21/h2-13,15,26,28,38H,1,14,16-19H2,(H,33,41). The van der Waals surface area contributed by atoms with Crippen LogP contribution in [0.2, 0.25) is 0 Å². The summed E-state index contributed by atoms with van der Waals surface area (Å²) in [7, 11) is 0. The number of nitrogens with zero attached hydrogens (tertiary/aromatic N) is 4. The fourth-order valence-corrected chi connectivity index (χ4v) is 5.22. The van der Waals surface area contributed by atoms with Gasteiger partial charge in [-0.1, -0.05) is 54.6 Å². The minimum Gasteiger partial charge on any atom is -0.508 e. The molecule has 0 aromatic heterocycles. The lowest BCUT2D eigenvalue weighted by molar-refractivity contribution is -0.190. The van der Waals surface area contributed by atoms with Crippen LogP contribution in [0.3, 0.4) is 0 Å². The number of hydrogen-bond donors (Lipinski definition) is 2. The van der Waals surface area contributed by atoms with Gasteiger partial charge in [-0.2, -0.15) is 0 Å². The van der Waals surface area contributed by atoms with E-state index in [9.17, 15) is 28.3 Å². The number of halogens is 2. The number of phenolic OH excluding ortho intramolecular Hbond substituents is 1. The van der Waals surface area contributed by atoms with Gasteiger partial charge in [0, 0.05) is 31.3 Å². The number of piperazine rings is 1. The van der Waals surface area contributed by atoms with Crippen LogP contribution < -0.4 is 5.32 Å². The van der Waals surface area contributed by atoms with Gasteiger partial charge in [-0.3, -0.25) is 9.59 Å². The number of carbonyl (C=O) groups excluding carboxylic acids is 3. The molecule has 3 aromatic rings. The van der Waals surface area contributed by atoms with Gasteiger partial charge < -0.3 is 20.2 Å². The fourth-order valence-electron chi connectivity index (χ4n) is 5.22. The fraction of sp³-hybridized carbons (Fsp3) is 0.233. The molecule has 2 saturated heterocycles. The highest BCUT2D eigenvalue weighted by Crippen LogP contribution is 2.36. The highest BCUT2D eigenvalue weighted by Gasteiger charge is 2.51. The first-order valence-corrected chi connectivity index (χ1v) is 13.1. The van der Waals surface area contributed by atoms with Crippen molar-refractivity contribution in [3.05, 3.63) is 114 Å². The first-order valence-electron chi connectivity index (χ1n) is 13.1. The number of urea groups is 1. The second-order valence-corrected chi connectivity index (χ2v) is 9.85. The van der Waals surface area contributed by atoms with Crippen LogP contribution in [0.1, 0.15) is 22.7 Å². The van der Waals surface area contributed by atoms with Crippen LogP contribution in [0, 0.1) is 11.6 Å². The molecule has 4 amide bonds. The Morgan fingerprint density at radius 2 is 1.78 bits per heavy atom. The van der Waals surface area contributed by atoms with Crippen LogP contribution in [-0.4, -0.2) is 68.6 Å². The maximum Gasteiger partial charge on any atom is 0.334 e. The minimum absolute atomic E-state index is 0.0251. The average molecular weight is 562 g/mol. The molecular formula is C30H29F2N5O4. The van der Waals surface area contributed by atoms with E-state index >= 15 is 0 Å². The smallest absolute Gasteiger partial charge is 0.334 e. The molecule has 9 nitrogen and oxygen atoms in total. The Kier molecular flexibility index (Phi) is 7.97. The van der Waals surface area contributed by atoms with E-state index in [1.807, 2.05) is 30.3 Å². The van der Waals surface area contributed by atoms with Gasteiger partial charge in [-0.15, -0.1) is 6.58 Å². The van der Waals surface area contributed by atoms with E-state index in [0.29, 0.717) is 5.56 Å². The summed E-state index contributed by atoms with van der Waals surface area (Å²) in [4.78, 5) is 43.9. The second-order valence-electron chi connectivity index (χ2n) is 9.85. The number of rotatable bonds is 7. The van der Waals surface area contributed by atoms with Crippen molar-refractivity contribution in [3.63, 3.8) is 0 Å². The van der Waals surface area contributed by atoms with Crippen LogP contribution in [0.5, 0.6) is 5.75 Å². The second kappa shape index (κ2) is 11.8. The quantitative estimate of drug-likeness (QED) is 0.431. The van der Waals surface area contributed by atoms with Crippen molar-refractivity contribution in [2.24, 2.45) is 0 Å². The zero-order valence-corrected chi connectivity index (χ0v) is 22.1. The molecule has 2 heterocycles. The summed E-state index contributed by atoms with van der Waals surface area (Å²) in [5.41, 5.74) is 1.37. The van der Waals surface area contributed by atoms with E-state index in [0.717, 1.165) is 17.7 Å². The van der Waals surface area contributed by atoms with Gasteiger partial charge in [0.1, 0.15) is 29.6 Å². The molecule has 2 aliphatic rings. The lowest BCUT2D eigenvalue weighted by Gasteiger charge is -2.55. The molecule has 3 aromatic carbocycles. The third-order valence-electron chi connectivity index (χ3n) is 7.14. The van der Waals surface area contributed by atoms with Crippen molar-refractivity contribution in [1.82, 2.24) is 25.1 Å². The Morgan fingerprint density at radius 3 is 2.46 bits per heavy atom. The molecule has 2 unspecified atom stereocenters. The van der Waals surface area contributed by atoms with E-state index in [-0.39, 0.29) is 49.9 Å². The summed E-state index contributed by atoms with van der Waals surface area (Å²) in [6.07, 6.45) is 0.615. The largest absolute Gasteiger partial charge is 0.508 e. The summed E-state index contributed by atoms with van der Waals surface area (Å²) in [5, 5.41) is 15.7. The molecule has 2 N–H and O–H groups in total. The normalized spacial score (nSPS) is 19.2. The zero-order chi connectivity index (χ0) is 29.1. The maximum atomic E-state index is 14.7. The van der Waals surface area contributed by atoms with Crippen LogP contribution >= 0.6 is 0 Å². The number of phenols is 1. The molecular weight excluding hydrogens is 532 g/mol. The zero-order valence-electron chi connectivity index (χ0n) is 22.1. The molecule has 0 aliphatic carbocycles. The number of hydrogen-bond acceptors (Lipinski definition) is 5. The lowest BCUT2D eigenvalue weighted by atomic mass is 9.98. The minimum atomic E-state index is -1.15. The maximum absolute atomic E-state index is 14.7. The van der Waals surface area contributed by atoms with E-state index in [2.05, 4.69) is 11.9 Å². The topological polar surface area (TPSA) is 96.4 Å². The Balaban J connectivity index is 1.53. The van der Waals surface area contributed by atoms with Crippen LogP contribution in [0.25, 0.3) is 0 Å². The van der Waals surface area contributed by atoms with Crippen molar-refractivity contribution in [2.75, 3.05) is 19.6 Å². The number of amides is 4. The number of aromatic hydroxyl groups is 1. The van der Waals surface area contributed by atoms with Crippen LogP contribution in [0.4, 0.5) is 13.6 Å².